The number of nitrogens with zero attached hydrogens (tertiary/aromatic N) is 3. The summed E-state index contributed by atoms with van der Waals surface area (Å²) in [6.45, 7) is 1.52. The normalized spacial score (nSPS) is 18.3. The fraction of sp³-hybridized carbons (Fsp3) is 0.400. The first-order valence-electron chi connectivity index (χ1n) is 9.77. The van der Waals surface area contributed by atoms with E-state index in [0.717, 1.165) is 18.5 Å². The number of fused-ring (bicyclic) bond motifs is 1. The lowest BCUT2D eigenvalue weighted by Gasteiger charge is -2.25. The van der Waals surface area contributed by atoms with Gasteiger partial charge >= 0.3 is 12.4 Å². The highest BCUT2D eigenvalue weighted by Gasteiger charge is 2.37. The number of alkyl halides is 6. The molecule has 172 valence electrons. The number of halogens is 7. The molecule has 1 aliphatic heterocycles. The van der Waals surface area contributed by atoms with Crippen molar-refractivity contribution in [1.82, 2.24) is 19.9 Å². The van der Waals surface area contributed by atoms with Crippen molar-refractivity contribution in [2.75, 3.05) is 25.0 Å². The van der Waals surface area contributed by atoms with E-state index in [1.807, 2.05) is 0 Å². The molecule has 0 aliphatic carbocycles. The van der Waals surface area contributed by atoms with Gasteiger partial charge in [-0.25, -0.2) is 9.37 Å². The topological polar surface area (TPSA) is 54.2 Å². The number of nitrogens with one attached hydrogen (secondary N) is 2. The second-order valence-electron chi connectivity index (χ2n) is 7.61. The number of hydrogen-bond acceptors (Lipinski definition) is 4. The van der Waals surface area contributed by atoms with E-state index in [4.69, 9.17) is 0 Å². The summed E-state index contributed by atoms with van der Waals surface area (Å²) in [5, 5.41) is 9.44. The van der Waals surface area contributed by atoms with Gasteiger partial charge in [0.25, 0.3) is 0 Å². The lowest BCUT2D eigenvalue weighted by atomic mass is 9.85. The van der Waals surface area contributed by atoms with Gasteiger partial charge in [0.15, 0.2) is 17.0 Å². The van der Waals surface area contributed by atoms with Gasteiger partial charge in [0.05, 0.1) is 0 Å². The van der Waals surface area contributed by atoms with Gasteiger partial charge in [0.2, 0.25) is 0 Å². The molecule has 3 aromatic rings. The van der Waals surface area contributed by atoms with Crippen molar-refractivity contribution in [1.29, 1.82) is 0 Å². The van der Waals surface area contributed by atoms with Gasteiger partial charge in [-0.15, -0.1) is 0 Å². The molecule has 12 heteroatoms. The van der Waals surface area contributed by atoms with Crippen molar-refractivity contribution in [2.45, 2.75) is 24.7 Å². The molecule has 0 radical (unpaired) electrons. The predicted octanol–water partition coefficient (Wildman–Crippen LogP) is 4.71. The predicted molar refractivity (Wildman–Crippen MR) is 102 cm³/mol. The molecule has 0 bridgehead atoms. The van der Waals surface area contributed by atoms with Crippen LogP contribution in [-0.2, 0) is 12.4 Å². The minimum Gasteiger partial charge on any atom is -0.369 e. The molecule has 1 saturated heterocycles. The van der Waals surface area contributed by atoms with Crippen molar-refractivity contribution >= 4 is 11.5 Å². The summed E-state index contributed by atoms with van der Waals surface area (Å²) in [6.07, 6.45) is -8.90. The van der Waals surface area contributed by atoms with E-state index in [9.17, 15) is 30.7 Å². The molecule has 32 heavy (non-hydrogen) atoms. The first-order chi connectivity index (χ1) is 15.0. The molecule has 1 aliphatic rings. The third kappa shape index (κ3) is 4.64. The van der Waals surface area contributed by atoms with Crippen LogP contribution in [0.25, 0.3) is 5.65 Å². The molecule has 4 rings (SSSR count). The fourth-order valence-electron chi connectivity index (χ4n) is 3.89. The molecule has 2 N–H and O–H groups in total. The Hall–Kier alpha value is -2.89. The Morgan fingerprint density at radius 3 is 2.31 bits per heavy atom. The van der Waals surface area contributed by atoms with Gasteiger partial charge < -0.3 is 10.6 Å². The second kappa shape index (κ2) is 8.23. The smallest absolute Gasteiger partial charge is 0.369 e. The van der Waals surface area contributed by atoms with E-state index >= 15 is 0 Å². The summed E-state index contributed by atoms with van der Waals surface area (Å²) in [7, 11) is 0. The zero-order valence-electron chi connectivity index (χ0n) is 16.4. The van der Waals surface area contributed by atoms with E-state index in [-0.39, 0.29) is 24.2 Å². The van der Waals surface area contributed by atoms with Crippen LogP contribution >= 0.6 is 0 Å². The largest absolute Gasteiger partial charge is 0.435 e. The van der Waals surface area contributed by atoms with Crippen LogP contribution in [0.5, 0.6) is 0 Å². The lowest BCUT2D eigenvalue weighted by molar-refractivity contribution is -0.142. The Morgan fingerprint density at radius 1 is 1.03 bits per heavy atom. The first-order valence-corrected chi connectivity index (χ1v) is 9.77. The van der Waals surface area contributed by atoms with E-state index in [1.165, 1.54) is 12.1 Å². The fourth-order valence-corrected chi connectivity index (χ4v) is 3.89. The Balaban J connectivity index is 1.70. The van der Waals surface area contributed by atoms with Gasteiger partial charge in [-0.05, 0) is 43.1 Å². The first kappa shape index (κ1) is 22.3. The quantitative estimate of drug-likeness (QED) is 0.541. The number of benzene rings is 1. The minimum absolute atomic E-state index is 0.107. The minimum atomic E-state index is -4.85. The summed E-state index contributed by atoms with van der Waals surface area (Å²) in [5.74, 6) is -0.806. The summed E-state index contributed by atoms with van der Waals surface area (Å²) < 4.78 is 93.2. The molecular formula is C20H18F7N5. The van der Waals surface area contributed by atoms with Crippen molar-refractivity contribution in [3.05, 3.63) is 59.2 Å². The van der Waals surface area contributed by atoms with Gasteiger partial charge in [-0.1, -0.05) is 12.1 Å². The average molecular weight is 461 g/mol. The summed E-state index contributed by atoms with van der Waals surface area (Å²) in [4.78, 5) is 3.30. The maximum atomic E-state index is 13.4. The average Bonchev–Trinajstić information content (AvgIpc) is 3.38. The Labute approximate surface area is 177 Å². The van der Waals surface area contributed by atoms with Gasteiger partial charge in [0, 0.05) is 24.6 Å². The molecule has 1 fully saturated rings. The zero-order valence-corrected chi connectivity index (χ0v) is 16.4. The van der Waals surface area contributed by atoms with Crippen LogP contribution in [0.3, 0.4) is 0 Å². The Morgan fingerprint density at radius 2 is 1.72 bits per heavy atom. The molecule has 0 spiro atoms. The van der Waals surface area contributed by atoms with Crippen LogP contribution < -0.4 is 10.6 Å². The lowest BCUT2D eigenvalue weighted by Crippen LogP contribution is -2.24. The Bertz CT molecular complexity index is 1080. The number of rotatable bonds is 5. The Kier molecular flexibility index (Phi) is 5.74. The monoisotopic (exact) mass is 461 g/mol. The SMILES string of the molecule is Fc1ccc(C(CNc2cc(C(F)(F)F)nc3cc(C(F)(F)F)nn23)C2CCNC2)cc1. The van der Waals surface area contributed by atoms with Gasteiger partial charge in [0.1, 0.15) is 11.6 Å². The van der Waals surface area contributed by atoms with E-state index in [1.54, 1.807) is 12.1 Å². The van der Waals surface area contributed by atoms with Gasteiger partial charge in [-0.3, -0.25) is 0 Å². The maximum Gasteiger partial charge on any atom is 0.435 e. The molecule has 0 saturated carbocycles. The highest BCUT2D eigenvalue weighted by atomic mass is 19.4. The molecule has 3 heterocycles. The standard InChI is InChI=1S/C20H18F7N5/c21-13-3-1-11(2-4-13)14(12-5-6-28-9-12)10-29-17-7-15(19(22,23)24)30-18-8-16(20(25,26)27)31-32(17)18/h1-4,7-8,12,14,28-29H,5-6,9-10H2. The molecule has 2 unspecified atom stereocenters. The molecule has 0 amide bonds. The third-order valence-electron chi connectivity index (χ3n) is 5.48. The van der Waals surface area contributed by atoms with Crippen molar-refractivity contribution in [3.63, 3.8) is 0 Å². The second-order valence-corrected chi connectivity index (χ2v) is 7.61. The number of hydrogen-bond donors (Lipinski definition) is 2. The molecular weight excluding hydrogens is 443 g/mol. The van der Waals surface area contributed by atoms with E-state index in [2.05, 4.69) is 20.7 Å². The number of anilines is 1. The van der Waals surface area contributed by atoms with Crippen molar-refractivity contribution < 1.29 is 30.7 Å². The van der Waals surface area contributed by atoms with Crippen LogP contribution in [0.4, 0.5) is 36.6 Å². The summed E-state index contributed by atoms with van der Waals surface area (Å²) in [6, 6.07) is 6.88. The van der Waals surface area contributed by atoms with Crippen molar-refractivity contribution in [3.8, 4) is 0 Å². The zero-order chi connectivity index (χ0) is 23.1. The molecule has 1 aromatic carbocycles. The van der Waals surface area contributed by atoms with Crippen LogP contribution in [-0.4, -0.2) is 34.2 Å². The van der Waals surface area contributed by atoms with E-state index < -0.39 is 35.2 Å². The van der Waals surface area contributed by atoms with Crippen LogP contribution in [0.1, 0.15) is 29.3 Å². The van der Waals surface area contributed by atoms with Crippen molar-refractivity contribution in [2.24, 2.45) is 5.92 Å². The van der Waals surface area contributed by atoms with Crippen LogP contribution in [0.2, 0.25) is 0 Å². The summed E-state index contributed by atoms with van der Waals surface area (Å²) in [5.41, 5.74) is -2.48. The molecule has 2 aromatic heterocycles. The van der Waals surface area contributed by atoms with Crippen LogP contribution in [0, 0.1) is 11.7 Å². The highest BCUT2D eigenvalue weighted by Crippen LogP contribution is 2.34. The van der Waals surface area contributed by atoms with Crippen LogP contribution in [0.15, 0.2) is 36.4 Å². The number of aromatic nitrogens is 3. The third-order valence-corrected chi connectivity index (χ3v) is 5.48. The highest BCUT2D eigenvalue weighted by molar-refractivity contribution is 5.51. The maximum absolute atomic E-state index is 13.4. The molecule has 2 atom stereocenters. The molecule has 5 nitrogen and oxygen atoms in total. The van der Waals surface area contributed by atoms with E-state index in [0.29, 0.717) is 23.2 Å². The van der Waals surface area contributed by atoms with Gasteiger partial charge in [-0.2, -0.15) is 36.0 Å². The summed E-state index contributed by atoms with van der Waals surface area (Å²) >= 11 is 0.